The third-order valence-electron chi connectivity index (χ3n) is 1.31. The average molecular weight is 210 g/mol. The van der Waals surface area contributed by atoms with Crippen LogP contribution in [0.2, 0.25) is 0 Å². The van der Waals surface area contributed by atoms with Crippen molar-refractivity contribution in [3.05, 3.63) is 24.3 Å². The molecule has 78 valence electrons. The molecule has 0 atom stereocenters. The first-order chi connectivity index (χ1) is 7.08. The molecule has 2 heterocycles. The fraction of sp³-hybridized carbons (Fsp3) is 0.111. The minimum atomic E-state index is -0.579. The molecule has 0 aromatic rings. The van der Waals surface area contributed by atoms with Crippen molar-refractivity contribution in [2.24, 2.45) is 0 Å². The molecule has 0 aromatic carbocycles. The van der Waals surface area contributed by atoms with E-state index in [-0.39, 0.29) is 6.42 Å². The van der Waals surface area contributed by atoms with E-state index in [4.69, 9.17) is 0 Å². The van der Waals surface area contributed by atoms with Crippen LogP contribution in [0.3, 0.4) is 0 Å². The van der Waals surface area contributed by atoms with Crippen LogP contribution >= 0.6 is 0 Å². The highest BCUT2D eigenvalue weighted by atomic mass is 16.6. The number of rotatable bonds is 0. The molecule has 0 aromatic heterocycles. The highest BCUT2D eigenvalue weighted by molar-refractivity contribution is 6.04. The number of ether oxygens (including phenoxy) is 2. The van der Waals surface area contributed by atoms with Crippen molar-refractivity contribution in [2.75, 3.05) is 0 Å². The lowest BCUT2D eigenvalue weighted by Crippen LogP contribution is -2.12. The summed E-state index contributed by atoms with van der Waals surface area (Å²) in [5, 5.41) is 0. The molecule has 6 heteroatoms. The van der Waals surface area contributed by atoms with E-state index in [1.165, 1.54) is 12.2 Å². The minimum Gasteiger partial charge on any atom is -0.390 e. The van der Waals surface area contributed by atoms with Crippen molar-refractivity contribution in [3.8, 4) is 0 Å². The van der Waals surface area contributed by atoms with Crippen LogP contribution in [-0.2, 0) is 28.7 Å². The molecule has 0 radical (unpaired) electrons. The molecule has 15 heavy (non-hydrogen) atoms. The zero-order chi connectivity index (χ0) is 11.3. The van der Waals surface area contributed by atoms with Gasteiger partial charge in [-0.25, -0.2) is 14.4 Å². The van der Waals surface area contributed by atoms with Gasteiger partial charge in [-0.3, -0.25) is 4.79 Å². The van der Waals surface area contributed by atoms with E-state index < -0.39 is 23.9 Å². The molecular weight excluding hydrogens is 204 g/mol. The van der Waals surface area contributed by atoms with Gasteiger partial charge in [0.05, 0.1) is 6.42 Å². The Morgan fingerprint density at radius 2 is 1.33 bits per heavy atom. The lowest BCUT2D eigenvalue weighted by molar-refractivity contribution is -0.156. The molecule has 2 rings (SSSR count). The van der Waals surface area contributed by atoms with Crippen molar-refractivity contribution in [1.82, 2.24) is 0 Å². The molecule has 0 bridgehead atoms. The third-order valence-corrected chi connectivity index (χ3v) is 1.31. The lowest BCUT2D eigenvalue weighted by atomic mass is 10.3. The number of esters is 4. The summed E-state index contributed by atoms with van der Waals surface area (Å²) in [6.07, 6.45) is 5.10. The van der Waals surface area contributed by atoms with Crippen molar-refractivity contribution in [3.63, 3.8) is 0 Å². The predicted octanol–water partition coefficient (Wildman–Crippen LogP) is -0.358. The fourth-order valence-electron chi connectivity index (χ4n) is 0.743. The van der Waals surface area contributed by atoms with Crippen molar-refractivity contribution < 1.29 is 28.7 Å². The largest absolute Gasteiger partial charge is 0.390 e. The zero-order valence-corrected chi connectivity index (χ0v) is 7.47. The van der Waals surface area contributed by atoms with E-state index in [1.54, 1.807) is 0 Å². The van der Waals surface area contributed by atoms with E-state index in [0.29, 0.717) is 0 Å². The Labute approximate surface area is 84.1 Å². The molecule has 0 aliphatic carbocycles. The molecule has 0 saturated heterocycles. The Bertz CT molecular complexity index is 360. The van der Waals surface area contributed by atoms with Gasteiger partial charge >= 0.3 is 23.9 Å². The number of hydrogen-bond acceptors (Lipinski definition) is 6. The summed E-state index contributed by atoms with van der Waals surface area (Å²) in [6.45, 7) is 0. The molecule has 6 nitrogen and oxygen atoms in total. The fourth-order valence-corrected chi connectivity index (χ4v) is 0.743. The van der Waals surface area contributed by atoms with Gasteiger partial charge in [-0.05, 0) is 0 Å². The van der Waals surface area contributed by atoms with E-state index in [1.807, 2.05) is 0 Å². The summed E-state index contributed by atoms with van der Waals surface area (Å²) in [7, 11) is 0. The number of carbonyl (C=O) groups excluding carboxylic acids is 4. The molecule has 0 fully saturated rings. The second-order valence-corrected chi connectivity index (χ2v) is 2.47. The summed E-state index contributed by atoms with van der Waals surface area (Å²) in [5.41, 5.74) is 0. The van der Waals surface area contributed by atoms with Crippen LogP contribution in [-0.4, -0.2) is 23.9 Å². The monoisotopic (exact) mass is 210 g/mol. The van der Waals surface area contributed by atoms with E-state index in [9.17, 15) is 19.2 Å². The topological polar surface area (TPSA) is 86.7 Å². The van der Waals surface area contributed by atoms with Gasteiger partial charge < -0.3 is 9.47 Å². The molecule has 2 aliphatic heterocycles. The maximum Gasteiger partial charge on any atom is 0.338 e. The Morgan fingerprint density at radius 3 is 1.60 bits per heavy atom. The number of cyclic esters (lactones) is 4. The van der Waals surface area contributed by atoms with Crippen LogP contribution in [0.4, 0.5) is 0 Å². The van der Waals surface area contributed by atoms with Crippen LogP contribution in [0.1, 0.15) is 6.42 Å². The summed E-state index contributed by atoms with van der Waals surface area (Å²) in [6, 6.07) is 0. The summed E-state index contributed by atoms with van der Waals surface area (Å²) in [4.78, 5) is 40.2. The summed E-state index contributed by atoms with van der Waals surface area (Å²) >= 11 is 0. The van der Waals surface area contributed by atoms with Crippen molar-refractivity contribution in [1.29, 1.82) is 0 Å². The molecule has 0 unspecified atom stereocenters. The SMILES string of the molecule is O=C1C=CC(=O)O1.O=C1C=CCC(=O)O1. The second kappa shape index (κ2) is 4.85. The highest BCUT2D eigenvalue weighted by Gasteiger charge is 2.10. The van der Waals surface area contributed by atoms with Crippen LogP contribution in [0.15, 0.2) is 24.3 Å². The molecule has 0 amide bonds. The lowest BCUT2D eigenvalue weighted by Gasteiger charge is -1.99. The van der Waals surface area contributed by atoms with Crippen LogP contribution in [0.25, 0.3) is 0 Å². The van der Waals surface area contributed by atoms with Gasteiger partial charge in [-0.1, -0.05) is 6.08 Å². The zero-order valence-electron chi connectivity index (χ0n) is 7.47. The van der Waals surface area contributed by atoms with Gasteiger partial charge in [0.25, 0.3) is 0 Å². The van der Waals surface area contributed by atoms with Gasteiger partial charge in [0.1, 0.15) is 0 Å². The number of hydrogen-bond donors (Lipinski definition) is 0. The van der Waals surface area contributed by atoms with E-state index >= 15 is 0 Å². The quantitative estimate of drug-likeness (QED) is 0.401. The van der Waals surface area contributed by atoms with Gasteiger partial charge in [-0.2, -0.15) is 0 Å². The van der Waals surface area contributed by atoms with E-state index in [2.05, 4.69) is 9.47 Å². The molecule has 2 aliphatic rings. The standard InChI is InChI=1S/C5H4O3.C4H2O3/c6-4-2-1-3-5(7)8-4;5-3-1-2-4(6)7-3/h1-2H,3H2;1-2H. The third kappa shape index (κ3) is 3.99. The molecule has 0 N–H and O–H groups in total. The first-order valence-electron chi connectivity index (χ1n) is 3.93. The van der Waals surface area contributed by atoms with Crippen molar-refractivity contribution >= 4 is 23.9 Å². The predicted molar refractivity (Wildman–Crippen MR) is 45.1 cm³/mol. The Balaban J connectivity index is 0.000000151. The smallest absolute Gasteiger partial charge is 0.338 e. The summed E-state index contributed by atoms with van der Waals surface area (Å²) in [5.74, 6) is -2.20. The normalized spacial score (nSPS) is 18.1. The molecule has 0 saturated carbocycles. The molecular formula is C9H6O6. The van der Waals surface area contributed by atoms with Gasteiger partial charge in [0, 0.05) is 18.2 Å². The second-order valence-electron chi connectivity index (χ2n) is 2.47. The highest BCUT2D eigenvalue weighted by Crippen LogP contribution is 1.96. The first-order valence-corrected chi connectivity index (χ1v) is 3.93. The average Bonchev–Trinajstić information content (AvgIpc) is 2.50. The maximum atomic E-state index is 10.2. The van der Waals surface area contributed by atoms with Gasteiger partial charge in [0.2, 0.25) is 0 Å². The van der Waals surface area contributed by atoms with Crippen LogP contribution in [0, 0.1) is 0 Å². The van der Waals surface area contributed by atoms with Crippen molar-refractivity contribution in [2.45, 2.75) is 6.42 Å². The van der Waals surface area contributed by atoms with Crippen LogP contribution in [0.5, 0.6) is 0 Å². The summed E-state index contributed by atoms with van der Waals surface area (Å²) < 4.78 is 8.09. The minimum absolute atomic E-state index is 0.214. The van der Waals surface area contributed by atoms with Gasteiger partial charge in [0.15, 0.2) is 0 Å². The Kier molecular flexibility index (Phi) is 3.50. The van der Waals surface area contributed by atoms with E-state index in [0.717, 1.165) is 12.2 Å². The van der Waals surface area contributed by atoms with Gasteiger partial charge in [-0.15, -0.1) is 0 Å². The first kappa shape index (κ1) is 10.8. The Hall–Kier alpha value is -2.24. The maximum absolute atomic E-state index is 10.2. The number of carbonyl (C=O) groups is 4. The molecule has 0 spiro atoms. The Morgan fingerprint density at radius 1 is 0.800 bits per heavy atom. The van der Waals surface area contributed by atoms with Crippen LogP contribution < -0.4 is 0 Å².